The highest BCUT2D eigenvalue weighted by Crippen LogP contribution is 2.19. The van der Waals surface area contributed by atoms with Crippen LogP contribution in [0.4, 0.5) is 0 Å². The molecule has 0 bridgehead atoms. The highest BCUT2D eigenvalue weighted by Gasteiger charge is 2.03. The maximum absolute atomic E-state index is 8.62. The van der Waals surface area contributed by atoms with Gasteiger partial charge in [-0.3, -0.25) is 0 Å². The van der Waals surface area contributed by atoms with E-state index in [4.69, 9.17) is 14.7 Å². The zero-order valence-corrected chi connectivity index (χ0v) is 8.41. The minimum Gasteiger partial charge on any atom is -0.496 e. The van der Waals surface area contributed by atoms with Gasteiger partial charge in [0.2, 0.25) is 0 Å². The molecule has 2 N–H and O–H groups in total. The van der Waals surface area contributed by atoms with Gasteiger partial charge in [0.05, 0.1) is 13.7 Å². The second-order valence-electron chi connectivity index (χ2n) is 2.91. The number of nitrogens with one attached hydrogen (secondary N) is 1. The van der Waals surface area contributed by atoms with E-state index >= 15 is 0 Å². The Morgan fingerprint density at radius 2 is 2.14 bits per heavy atom. The number of rotatable bonds is 5. The van der Waals surface area contributed by atoms with Crippen LogP contribution >= 0.6 is 0 Å². The SMILES string of the molecule is COCc1ccc(OC)c(CNO)c1. The van der Waals surface area contributed by atoms with Gasteiger partial charge in [0.25, 0.3) is 0 Å². The van der Waals surface area contributed by atoms with Crippen LogP contribution in [0.25, 0.3) is 0 Å². The molecule has 0 aromatic heterocycles. The molecule has 4 nitrogen and oxygen atoms in total. The van der Waals surface area contributed by atoms with E-state index < -0.39 is 0 Å². The maximum Gasteiger partial charge on any atom is 0.123 e. The third-order valence-electron chi connectivity index (χ3n) is 1.93. The molecule has 0 amide bonds. The van der Waals surface area contributed by atoms with Gasteiger partial charge >= 0.3 is 0 Å². The zero-order valence-electron chi connectivity index (χ0n) is 8.41. The normalized spacial score (nSPS) is 10.2. The molecule has 0 heterocycles. The fraction of sp³-hybridized carbons (Fsp3) is 0.400. The lowest BCUT2D eigenvalue weighted by Crippen LogP contribution is -2.08. The van der Waals surface area contributed by atoms with Gasteiger partial charge in [-0.1, -0.05) is 6.07 Å². The molecule has 0 saturated carbocycles. The lowest BCUT2D eigenvalue weighted by Gasteiger charge is -2.09. The van der Waals surface area contributed by atoms with E-state index in [1.165, 1.54) is 0 Å². The molecule has 4 heteroatoms. The third kappa shape index (κ3) is 2.70. The van der Waals surface area contributed by atoms with Gasteiger partial charge in [-0.25, -0.2) is 5.48 Å². The first-order valence-corrected chi connectivity index (χ1v) is 4.33. The van der Waals surface area contributed by atoms with E-state index in [0.717, 1.165) is 16.9 Å². The van der Waals surface area contributed by atoms with Crippen LogP contribution in [-0.2, 0) is 17.9 Å². The van der Waals surface area contributed by atoms with Crippen LogP contribution in [0.5, 0.6) is 5.75 Å². The number of benzene rings is 1. The Hall–Kier alpha value is -1.10. The summed E-state index contributed by atoms with van der Waals surface area (Å²) in [7, 11) is 3.25. The molecule has 0 saturated heterocycles. The predicted molar refractivity (Wildman–Crippen MR) is 52.3 cm³/mol. The van der Waals surface area contributed by atoms with E-state index in [9.17, 15) is 0 Å². The van der Waals surface area contributed by atoms with E-state index in [2.05, 4.69) is 5.48 Å². The van der Waals surface area contributed by atoms with Gasteiger partial charge in [-0.2, -0.15) is 0 Å². The number of hydrogen-bond donors (Lipinski definition) is 2. The van der Waals surface area contributed by atoms with Gasteiger partial charge < -0.3 is 14.7 Å². The molecule has 0 atom stereocenters. The summed E-state index contributed by atoms with van der Waals surface area (Å²) in [6.07, 6.45) is 0. The minimum atomic E-state index is 0.362. The molecule has 0 aliphatic carbocycles. The van der Waals surface area contributed by atoms with Crippen LogP contribution in [-0.4, -0.2) is 19.4 Å². The molecule has 0 aliphatic heterocycles. The summed E-state index contributed by atoms with van der Waals surface area (Å²) < 4.78 is 10.1. The van der Waals surface area contributed by atoms with Crippen molar-refractivity contribution in [3.63, 3.8) is 0 Å². The summed E-state index contributed by atoms with van der Waals surface area (Å²) in [6.45, 7) is 0.920. The van der Waals surface area contributed by atoms with Crippen molar-refractivity contribution in [3.05, 3.63) is 29.3 Å². The summed E-state index contributed by atoms with van der Waals surface area (Å²) in [5.74, 6) is 0.756. The molecule has 0 aliphatic rings. The van der Waals surface area contributed by atoms with Crippen LogP contribution in [0, 0.1) is 0 Å². The molecule has 78 valence electrons. The summed E-state index contributed by atoms with van der Waals surface area (Å²) in [5.41, 5.74) is 4.07. The first-order chi connectivity index (χ1) is 6.81. The van der Waals surface area contributed by atoms with Crippen molar-refractivity contribution in [1.29, 1.82) is 0 Å². The number of ether oxygens (including phenoxy) is 2. The van der Waals surface area contributed by atoms with Crippen molar-refractivity contribution >= 4 is 0 Å². The molecule has 1 aromatic carbocycles. The Kier molecular flexibility index (Phi) is 4.39. The Morgan fingerprint density at radius 3 is 2.71 bits per heavy atom. The van der Waals surface area contributed by atoms with Crippen molar-refractivity contribution in [2.45, 2.75) is 13.2 Å². The quantitative estimate of drug-likeness (QED) is 0.699. The number of hydrogen-bond acceptors (Lipinski definition) is 4. The fourth-order valence-corrected chi connectivity index (χ4v) is 1.31. The number of hydroxylamine groups is 1. The molecule has 14 heavy (non-hydrogen) atoms. The molecule has 0 unspecified atom stereocenters. The van der Waals surface area contributed by atoms with Gasteiger partial charge in [0.15, 0.2) is 0 Å². The highest BCUT2D eigenvalue weighted by molar-refractivity contribution is 5.36. The van der Waals surface area contributed by atoms with Crippen molar-refractivity contribution in [1.82, 2.24) is 5.48 Å². The van der Waals surface area contributed by atoms with E-state index in [1.54, 1.807) is 14.2 Å². The van der Waals surface area contributed by atoms with Gasteiger partial charge in [-0.15, -0.1) is 0 Å². The van der Waals surface area contributed by atoms with Gasteiger partial charge in [0.1, 0.15) is 5.75 Å². The predicted octanol–water partition coefficient (Wildman–Crippen LogP) is 1.32. The molecular weight excluding hydrogens is 182 g/mol. The average molecular weight is 197 g/mol. The summed E-state index contributed by atoms with van der Waals surface area (Å²) in [4.78, 5) is 0. The second-order valence-corrected chi connectivity index (χ2v) is 2.91. The van der Waals surface area contributed by atoms with Gasteiger partial charge in [0, 0.05) is 19.2 Å². The second kappa shape index (κ2) is 5.59. The monoisotopic (exact) mass is 197 g/mol. The topological polar surface area (TPSA) is 50.7 Å². The Labute approximate surface area is 83.4 Å². The zero-order chi connectivity index (χ0) is 10.4. The summed E-state index contributed by atoms with van der Waals surface area (Å²) >= 11 is 0. The lowest BCUT2D eigenvalue weighted by atomic mass is 10.1. The van der Waals surface area contributed by atoms with Crippen LogP contribution in [0.3, 0.4) is 0 Å². The van der Waals surface area contributed by atoms with E-state index in [0.29, 0.717) is 13.2 Å². The highest BCUT2D eigenvalue weighted by atomic mass is 16.5. The first-order valence-electron chi connectivity index (χ1n) is 4.33. The molecule has 1 rings (SSSR count). The molecule has 0 spiro atoms. The Bertz CT molecular complexity index is 289. The summed E-state index contributed by atoms with van der Waals surface area (Å²) in [6, 6.07) is 5.73. The van der Waals surface area contributed by atoms with Gasteiger partial charge in [-0.05, 0) is 17.7 Å². The van der Waals surface area contributed by atoms with Crippen LogP contribution in [0.15, 0.2) is 18.2 Å². The first kappa shape index (κ1) is 11.0. The van der Waals surface area contributed by atoms with Crippen LogP contribution in [0.1, 0.15) is 11.1 Å². The van der Waals surface area contributed by atoms with Crippen molar-refractivity contribution < 1.29 is 14.7 Å². The van der Waals surface area contributed by atoms with Crippen molar-refractivity contribution in [3.8, 4) is 5.75 Å². The smallest absolute Gasteiger partial charge is 0.123 e. The van der Waals surface area contributed by atoms with Crippen molar-refractivity contribution in [2.75, 3.05) is 14.2 Å². The average Bonchev–Trinajstić information content (AvgIpc) is 2.19. The molecule has 0 radical (unpaired) electrons. The Balaban J connectivity index is 2.88. The summed E-state index contributed by atoms with van der Waals surface area (Å²) in [5, 5.41) is 8.62. The van der Waals surface area contributed by atoms with Crippen LogP contribution < -0.4 is 10.2 Å². The number of methoxy groups -OCH3 is 2. The standard InChI is InChI=1S/C10H15NO3/c1-13-7-8-3-4-10(14-2)9(5-8)6-11-12/h3-5,11-12H,6-7H2,1-2H3. The fourth-order valence-electron chi connectivity index (χ4n) is 1.31. The minimum absolute atomic E-state index is 0.362. The molecular formula is C10H15NO3. The van der Waals surface area contributed by atoms with E-state index in [1.807, 2.05) is 18.2 Å². The maximum atomic E-state index is 8.62. The van der Waals surface area contributed by atoms with Crippen LogP contribution in [0.2, 0.25) is 0 Å². The molecule has 1 aromatic rings. The Morgan fingerprint density at radius 1 is 1.36 bits per heavy atom. The lowest BCUT2D eigenvalue weighted by molar-refractivity contribution is 0.159. The van der Waals surface area contributed by atoms with E-state index in [-0.39, 0.29) is 0 Å². The third-order valence-corrected chi connectivity index (χ3v) is 1.93. The van der Waals surface area contributed by atoms with Crippen molar-refractivity contribution in [2.24, 2.45) is 0 Å². The molecule has 0 fully saturated rings. The largest absolute Gasteiger partial charge is 0.496 e.